The molecule has 1 aromatic rings. The van der Waals surface area contributed by atoms with Crippen molar-refractivity contribution in [3.63, 3.8) is 0 Å². The molecule has 202 valence electrons. The summed E-state index contributed by atoms with van der Waals surface area (Å²) in [7, 11) is 1.49. The van der Waals surface area contributed by atoms with E-state index in [0.29, 0.717) is 47.8 Å². The van der Waals surface area contributed by atoms with Gasteiger partial charge in [-0.3, -0.25) is 9.59 Å². The van der Waals surface area contributed by atoms with Gasteiger partial charge in [-0.2, -0.15) is 0 Å². The van der Waals surface area contributed by atoms with Gasteiger partial charge in [0.05, 0.1) is 39.7 Å². The van der Waals surface area contributed by atoms with E-state index in [4.69, 9.17) is 19.0 Å². The first-order valence-corrected chi connectivity index (χ1v) is 14.0. The number of aliphatic hydroxyl groups is 2. The van der Waals surface area contributed by atoms with Crippen LogP contribution in [0, 0.1) is 0 Å². The van der Waals surface area contributed by atoms with Gasteiger partial charge in [0.1, 0.15) is 17.8 Å². The van der Waals surface area contributed by atoms with Crippen LogP contribution in [0.5, 0.6) is 5.75 Å². The first-order chi connectivity index (χ1) is 17.6. The molecule has 3 atom stereocenters. The second-order valence-electron chi connectivity index (χ2n) is 7.79. The zero-order valence-electron chi connectivity index (χ0n) is 19.3. The Morgan fingerprint density at radius 2 is 2.03 bits per heavy atom. The fourth-order valence-electron chi connectivity index (χ4n) is 3.42. The predicted molar refractivity (Wildman–Crippen MR) is 147 cm³/mol. The van der Waals surface area contributed by atoms with Gasteiger partial charge in [0.2, 0.25) is 6.41 Å². The number of carbonyl (C=O) groups excluding carboxylic acids is 2. The number of halogens is 4. The van der Waals surface area contributed by atoms with Crippen LogP contribution in [0.25, 0.3) is 0 Å². The first-order valence-electron chi connectivity index (χ1n) is 10.8. The zero-order valence-corrected chi connectivity index (χ0v) is 25.6. The lowest BCUT2D eigenvalue weighted by molar-refractivity contribution is -0.225. The van der Waals surface area contributed by atoms with Gasteiger partial charge >= 0.3 is 5.79 Å². The number of hydrogen-bond donors (Lipinski definition) is 4. The number of ether oxygens (including phenoxy) is 3. The Morgan fingerprint density at radius 3 is 2.68 bits per heavy atom. The molecule has 37 heavy (non-hydrogen) atoms. The molecule has 0 saturated carbocycles. The van der Waals surface area contributed by atoms with E-state index >= 15 is 0 Å². The molecule has 0 radical (unpaired) electrons. The number of methoxy groups -OCH3 is 1. The second-order valence-corrected chi connectivity index (χ2v) is 11.3. The summed E-state index contributed by atoms with van der Waals surface area (Å²) in [5.74, 6) is -1.23. The van der Waals surface area contributed by atoms with Crippen LogP contribution in [0.2, 0.25) is 0 Å². The molecule has 4 N–H and O–H groups in total. The Balaban J connectivity index is 1.50. The number of nitrogens with zero attached hydrogens (tertiary/aromatic N) is 1. The fourth-order valence-corrected chi connectivity index (χ4v) is 6.40. The Morgan fingerprint density at radius 1 is 1.32 bits per heavy atom. The van der Waals surface area contributed by atoms with E-state index in [1.165, 1.54) is 13.4 Å². The minimum atomic E-state index is -1.62. The molecule has 3 rings (SSSR count). The Bertz CT molecular complexity index is 1110. The summed E-state index contributed by atoms with van der Waals surface area (Å²) in [6.07, 6.45) is 0.000404. The van der Waals surface area contributed by atoms with E-state index in [-0.39, 0.29) is 31.8 Å². The van der Waals surface area contributed by atoms with Gasteiger partial charge in [0, 0.05) is 17.6 Å². The lowest BCUT2D eigenvalue weighted by Crippen LogP contribution is -2.49. The third-order valence-electron chi connectivity index (χ3n) is 5.29. The molecule has 0 saturated heterocycles. The van der Waals surface area contributed by atoms with E-state index in [1.807, 2.05) is 0 Å². The van der Waals surface area contributed by atoms with E-state index in [2.05, 4.69) is 79.5 Å². The van der Waals surface area contributed by atoms with Crippen molar-refractivity contribution < 1.29 is 38.9 Å². The van der Waals surface area contributed by atoms with Crippen molar-refractivity contribution in [3.05, 3.63) is 47.6 Å². The highest BCUT2D eigenvalue weighted by Crippen LogP contribution is 2.41. The van der Waals surface area contributed by atoms with Crippen molar-refractivity contribution in [1.82, 2.24) is 10.6 Å². The highest BCUT2D eigenvalue weighted by molar-refractivity contribution is 9.12. The fraction of sp³-hybridized carbons (Fsp3) is 0.409. The van der Waals surface area contributed by atoms with Crippen molar-refractivity contribution in [2.75, 3.05) is 26.8 Å². The lowest BCUT2D eigenvalue weighted by Gasteiger charge is -2.27. The van der Waals surface area contributed by atoms with Crippen LogP contribution < -0.4 is 15.4 Å². The van der Waals surface area contributed by atoms with Crippen LogP contribution >= 0.6 is 63.7 Å². The van der Waals surface area contributed by atoms with Crippen molar-refractivity contribution in [2.45, 2.75) is 30.8 Å². The summed E-state index contributed by atoms with van der Waals surface area (Å²) in [5.41, 5.74) is 0.375. The van der Waals surface area contributed by atoms with Crippen LogP contribution in [0.4, 0.5) is 0 Å². The number of nitrogens with one attached hydrogen (secondary N) is 2. The Hall–Kier alpha value is -1.65. The van der Waals surface area contributed by atoms with Crippen molar-refractivity contribution in [3.8, 4) is 5.75 Å². The number of amides is 2. The van der Waals surface area contributed by atoms with Gasteiger partial charge in [-0.15, -0.1) is 0 Å². The predicted octanol–water partition coefficient (Wildman–Crippen LogP) is 3.23. The minimum absolute atomic E-state index is 0.0459. The monoisotopic (exact) mass is 773 g/mol. The standard InChI is InChI=1S/C22H23Br4N3O8/c1-34-18-14(25)7-22(36-9-15(18)26)20(32)17(29-37-22)21(33)28-3-2-4-35-19-12(23)5-11(6-13(19)24)16(31)8-27-10-30/h5-6,9-10,16,20,31-32H,2-4,7-8H2,1H3,(H,27,30)(H,28,33)/t16?,20-,22-/m0/s1. The Kier molecular flexibility index (Phi) is 10.8. The number of carbonyl (C=O) groups is 2. The van der Waals surface area contributed by atoms with Gasteiger partial charge in [-0.25, -0.2) is 0 Å². The van der Waals surface area contributed by atoms with Crippen LogP contribution in [0.15, 0.2) is 47.2 Å². The molecule has 0 aliphatic carbocycles. The molecule has 2 amide bonds. The summed E-state index contributed by atoms with van der Waals surface area (Å²) < 4.78 is 19.0. The summed E-state index contributed by atoms with van der Waals surface area (Å²) >= 11 is 13.6. The molecule has 0 aromatic heterocycles. The van der Waals surface area contributed by atoms with E-state index in [0.717, 1.165) is 0 Å². The zero-order chi connectivity index (χ0) is 27.2. The molecule has 2 aliphatic rings. The van der Waals surface area contributed by atoms with Gasteiger partial charge in [0.25, 0.3) is 5.91 Å². The maximum absolute atomic E-state index is 12.6. The second kappa shape index (κ2) is 13.4. The molecular formula is C22H23Br4N3O8. The molecular weight excluding hydrogens is 754 g/mol. The molecule has 1 aromatic carbocycles. The van der Waals surface area contributed by atoms with Gasteiger partial charge in [-0.05, 0) is 71.9 Å². The lowest BCUT2D eigenvalue weighted by atomic mass is 10.0. The number of rotatable bonds is 11. The normalized spacial score (nSPS) is 21.8. The molecule has 15 heteroatoms. The summed E-state index contributed by atoms with van der Waals surface area (Å²) in [6.45, 7) is 0.586. The smallest absolute Gasteiger partial charge is 0.311 e. The third-order valence-corrected chi connectivity index (χ3v) is 7.66. The number of oxime groups is 1. The average Bonchev–Trinajstić information content (AvgIpc) is 3.11. The summed E-state index contributed by atoms with van der Waals surface area (Å²) in [5, 5.41) is 29.8. The number of allylic oxidation sites excluding steroid dienone is 1. The molecule has 2 heterocycles. The van der Waals surface area contributed by atoms with Crippen molar-refractivity contribution >= 4 is 81.7 Å². The maximum atomic E-state index is 12.6. The van der Waals surface area contributed by atoms with E-state index in [1.54, 1.807) is 12.1 Å². The molecule has 0 fully saturated rings. The van der Waals surface area contributed by atoms with Crippen LogP contribution in [0.1, 0.15) is 24.5 Å². The van der Waals surface area contributed by atoms with Gasteiger partial charge < -0.3 is 39.9 Å². The molecule has 0 bridgehead atoms. The quantitative estimate of drug-likeness (QED) is 0.198. The van der Waals surface area contributed by atoms with Crippen molar-refractivity contribution in [1.29, 1.82) is 0 Å². The van der Waals surface area contributed by atoms with E-state index in [9.17, 15) is 19.8 Å². The van der Waals surface area contributed by atoms with E-state index < -0.39 is 23.9 Å². The molecule has 11 nitrogen and oxygen atoms in total. The largest absolute Gasteiger partial charge is 0.495 e. The highest BCUT2D eigenvalue weighted by atomic mass is 79.9. The average molecular weight is 777 g/mol. The number of aliphatic hydroxyl groups excluding tert-OH is 2. The van der Waals surface area contributed by atoms with Crippen LogP contribution in [0.3, 0.4) is 0 Å². The summed E-state index contributed by atoms with van der Waals surface area (Å²) in [4.78, 5) is 28.4. The molecule has 2 aliphatic heterocycles. The van der Waals surface area contributed by atoms with Crippen LogP contribution in [-0.4, -0.2) is 66.9 Å². The van der Waals surface area contributed by atoms with Gasteiger partial charge in [-0.1, -0.05) is 21.1 Å². The number of benzene rings is 1. The molecule has 1 unspecified atom stereocenters. The minimum Gasteiger partial charge on any atom is -0.495 e. The Labute approximate surface area is 246 Å². The maximum Gasteiger partial charge on any atom is 0.311 e. The third kappa shape index (κ3) is 7.06. The topological polar surface area (TPSA) is 148 Å². The first kappa shape index (κ1) is 29.9. The van der Waals surface area contributed by atoms with Crippen LogP contribution in [-0.2, 0) is 23.9 Å². The highest BCUT2D eigenvalue weighted by Gasteiger charge is 2.54. The summed E-state index contributed by atoms with van der Waals surface area (Å²) in [6, 6.07) is 3.39. The number of hydrogen-bond acceptors (Lipinski definition) is 9. The molecule has 1 spiro atoms. The van der Waals surface area contributed by atoms with Gasteiger partial charge in [0.15, 0.2) is 11.8 Å². The SMILES string of the molecule is COC1=C(Br)C[C@]2(OC=C1Br)ON=C(C(=O)NCCCOc1c(Br)cc(C(O)CNC=O)cc1Br)[C@@H]2O. The van der Waals surface area contributed by atoms with Crippen molar-refractivity contribution in [2.24, 2.45) is 5.16 Å².